The molecular formula is C19H14N2OS. The fraction of sp³-hybridized carbons (Fsp3) is 0.0526. The van der Waals surface area contributed by atoms with Crippen LogP contribution in [0.1, 0.15) is 11.1 Å². The minimum atomic E-state index is 0.00331. The lowest BCUT2D eigenvalue weighted by Gasteiger charge is -2.10. The molecule has 2 aromatic rings. The molecule has 4 heteroatoms. The second kappa shape index (κ2) is 5.48. The van der Waals surface area contributed by atoms with E-state index in [1.807, 2.05) is 24.3 Å². The molecule has 2 aromatic carbocycles. The highest BCUT2D eigenvalue weighted by Crippen LogP contribution is 2.32. The fourth-order valence-corrected chi connectivity index (χ4v) is 3.71. The Balaban J connectivity index is 1.86. The van der Waals surface area contributed by atoms with E-state index in [9.17, 15) is 4.79 Å². The van der Waals surface area contributed by atoms with Gasteiger partial charge in [-0.05, 0) is 41.8 Å². The largest absolute Gasteiger partial charge is 0.398 e. The topological polar surface area (TPSA) is 56.0 Å². The highest BCUT2D eigenvalue weighted by atomic mass is 32.1. The smallest absolute Gasteiger partial charge is 0.180 e. The number of nitrogens with zero attached hydrogens (tertiary/aromatic N) is 1. The second-order valence-electron chi connectivity index (χ2n) is 5.52. The third-order valence-corrected chi connectivity index (χ3v) is 4.94. The van der Waals surface area contributed by atoms with Crippen LogP contribution in [0.3, 0.4) is 0 Å². The molecule has 1 aliphatic carbocycles. The van der Waals surface area contributed by atoms with Gasteiger partial charge in [-0.1, -0.05) is 30.3 Å². The maximum atomic E-state index is 11.5. The van der Waals surface area contributed by atoms with Gasteiger partial charge in [-0.25, -0.2) is 4.98 Å². The lowest BCUT2D eigenvalue weighted by atomic mass is 10.0. The van der Waals surface area contributed by atoms with Gasteiger partial charge >= 0.3 is 0 Å². The first kappa shape index (κ1) is 13.9. The van der Waals surface area contributed by atoms with E-state index in [4.69, 9.17) is 5.73 Å². The number of hydrogen-bond acceptors (Lipinski definition) is 4. The quantitative estimate of drug-likeness (QED) is 0.450. The Morgan fingerprint density at radius 2 is 1.83 bits per heavy atom. The van der Waals surface area contributed by atoms with Crippen LogP contribution < -0.4 is 11.2 Å². The highest BCUT2D eigenvalue weighted by molar-refractivity contribution is 7.21. The lowest BCUT2D eigenvalue weighted by Crippen LogP contribution is -2.00. The van der Waals surface area contributed by atoms with E-state index in [0.717, 1.165) is 38.5 Å². The van der Waals surface area contributed by atoms with E-state index < -0.39 is 0 Å². The van der Waals surface area contributed by atoms with Crippen LogP contribution in [0.25, 0.3) is 20.8 Å². The number of aromatic nitrogens is 1. The number of nitrogen functional groups attached to an aromatic ring is 1. The molecule has 0 saturated carbocycles. The second-order valence-corrected chi connectivity index (χ2v) is 6.61. The van der Waals surface area contributed by atoms with Crippen LogP contribution in [-0.4, -0.2) is 4.98 Å². The molecule has 23 heavy (non-hydrogen) atoms. The third kappa shape index (κ3) is 2.69. The Labute approximate surface area is 137 Å². The molecule has 0 fully saturated rings. The summed E-state index contributed by atoms with van der Waals surface area (Å²) in [5.74, 6) is 0. The predicted octanol–water partition coefficient (Wildman–Crippen LogP) is 3.93. The van der Waals surface area contributed by atoms with Crippen molar-refractivity contribution in [2.24, 2.45) is 0 Å². The molecule has 0 aromatic heterocycles. The number of nitrogens with two attached hydrogens (primary N) is 1. The van der Waals surface area contributed by atoms with Crippen molar-refractivity contribution in [2.75, 3.05) is 5.73 Å². The van der Waals surface area contributed by atoms with E-state index in [1.165, 1.54) is 5.56 Å². The molecule has 0 atom stereocenters. The summed E-state index contributed by atoms with van der Waals surface area (Å²) in [6, 6.07) is 19.2. The minimum Gasteiger partial charge on any atom is -0.398 e. The van der Waals surface area contributed by atoms with Crippen LogP contribution in [-0.2, 0) is 6.42 Å². The van der Waals surface area contributed by atoms with Crippen LogP contribution in [0, 0.1) is 0 Å². The van der Waals surface area contributed by atoms with Gasteiger partial charge in [0.1, 0.15) is 0 Å². The fourth-order valence-electron chi connectivity index (χ4n) is 2.68. The lowest BCUT2D eigenvalue weighted by molar-refractivity contribution is 1.20. The van der Waals surface area contributed by atoms with Crippen LogP contribution in [0.2, 0.25) is 0 Å². The van der Waals surface area contributed by atoms with Crippen molar-refractivity contribution in [3.63, 3.8) is 0 Å². The van der Waals surface area contributed by atoms with Gasteiger partial charge in [0.25, 0.3) is 0 Å². The van der Waals surface area contributed by atoms with E-state index in [-0.39, 0.29) is 5.43 Å². The average Bonchev–Trinajstić information content (AvgIpc) is 2.55. The van der Waals surface area contributed by atoms with Gasteiger partial charge in [0, 0.05) is 11.8 Å². The zero-order valence-electron chi connectivity index (χ0n) is 12.3. The Morgan fingerprint density at radius 1 is 1.00 bits per heavy atom. The van der Waals surface area contributed by atoms with Crippen molar-refractivity contribution >= 4 is 27.2 Å². The summed E-state index contributed by atoms with van der Waals surface area (Å²) >= 11 is 1.55. The highest BCUT2D eigenvalue weighted by Gasteiger charge is 2.10. The van der Waals surface area contributed by atoms with Crippen LogP contribution in [0.5, 0.6) is 0 Å². The summed E-state index contributed by atoms with van der Waals surface area (Å²) < 4.78 is 0.998. The average molecular weight is 318 g/mol. The van der Waals surface area contributed by atoms with Crippen molar-refractivity contribution in [3.8, 4) is 10.6 Å². The molecular weight excluding hydrogens is 304 g/mol. The minimum absolute atomic E-state index is 0.00331. The number of rotatable bonds is 2. The maximum Gasteiger partial charge on any atom is 0.180 e. The Kier molecular flexibility index (Phi) is 3.32. The summed E-state index contributed by atoms with van der Waals surface area (Å²) in [7, 11) is 0. The summed E-state index contributed by atoms with van der Waals surface area (Å²) in [4.78, 5) is 17.1. The van der Waals surface area contributed by atoms with Gasteiger partial charge < -0.3 is 5.73 Å². The normalized spacial score (nSPS) is 11.1. The van der Waals surface area contributed by atoms with Gasteiger partial charge in [0.2, 0.25) is 0 Å². The standard InChI is InChI=1S/C19H14N2OS/c20-15-11-19-17(9-13(15)8-12-4-2-1-3-5-12)21-16-7-6-14(22)10-18(16)23-19/h1-7,9-11H,8,20H2. The van der Waals surface area contributed by atoms with E-state index in [2.05, 4.69) is 23.2 Å². The van der Waals surface area contributed by atoms with Gasteiger partial charge in [-0.2, -0.15) is 0 Å². The molecule has 2 N–H and O–H groups in total. The zero-order chi connectivity index (χ0) is 15.8. The Hall–Kier alpha value is -2.72. The molecule has 0 radical (unpaired) electrons. The van der Waals surface area contributed by atoms with Gasteiger partial charge in [0.05, 0.1) is 20.8 Å². The number of benzene rings is 3. The number of hydrogen-bond donors (Lipinski definition) is 1. The predicted molar refractivity (Wildman–Crippen MR) is 96.2 cm³/mol. The zero-order valence-corrected chi connectivity index (χ0v) is 13.1. The molecule has 112 valence electrons. The SMILES string of the molecule is Nc1cc2sc3cc(=O)ccc-3nc2cc1Cc1ccccc1. The van der Waals surface area contributed by atoms with Crippen molar-refractivity contribution in [1.29, 1.82) is 0 Å². The number of fused-ring (bicyclic) bond motifs is 2. The van der Waals surface area contributed by atoms with E-state index >= 15 is 0 Å². The summed E-state index contributed by atoms with van der Waals surface area (Å²) in [5.41, 5.74) is 11.0. The molecule has 0 spiro atoms. The monoisotopic (exact) mass is 318 g/mol. The van der Waals surface area contributed by atoms with Crippen LogP contribution >= 0.6 is 11.3 Å². The summed E-state index contributed by atoms with van der Waals surface area (Å²) in [5, 5.41) is 0. The Bertz CT molecular complexity index is 1020. The molecule has 0 saturated heterocycles. The molecule has 3 nitrogen and oxygen atoms in total. The van der Waals surface area contributed by atoms with Crippen molar-refractivity contribution in [1.82, 2.24) is 4.98 Å². The Morgan fingerprint density at radius 3 is 2.65 bits per heavy atom. The molecule has 4 rings (SSSR count). The molecule has 0 bridgehead atoms. The van der Waals surface area contributed by atoms with Gasteiger partial charge in [0.15, 0.2) is 5.43 Å². The molecule has 1 aliphatic heterocycles. The first-order chi connectivity index (χ1) is 11.2. The first-order valence-electron chi connectivity index (χ1n) is 7.36. The van der Waals surface area contributed by atoms with Crippen molar-refractivity contribution in [3.05, 3.63) is 82.0 Å². The van der Waals surface area contributed by atoms with E-state index in [1.54, 1.807) is 29.5 Å². The van der Waals surface area contributed by atoms with Crippen molar-refractivity contribution < 1.29 is 0 Å². The number of anilines is 1. The van der Waals surface area contributed by atoms with Gasteiger partial charge in [-0.3, -0.25) is 4.79 Å². The third-order valence-electron chi connectivity index (χ3n) is 3.85. The van der Waals surface area contributed by atoms with Crippen LogP contribution in [0.4, 0.5) is 5.69 Å². The molecule has 0 amide bonds. The first-order valence-corrected chi connectivity index (χ1v) is 8.18. The molecule has 0 unspecified atom stereocenters. The van der Waals surface area contributed by atoms with Crippen molar-refractivity contribution in [2.45, 2.75) is 6.42 Å². The molecule has 1 heterocycles. The summed E-state index contributed by atoms with van der Waals surface area (Å²) in [6.07, 6.45) is 0.784. The maximum absolute atomic E-state index is 11.5. The van der Waals surface area contributed by atoms with Crippen LogP contribution in [0.15, 0.2) is 65.5 Å². The van der Waals surface area contributed by atoms with E-state index in [0.29, 0.717) is 0 Å². The van der Waals surface area contributed by atoms with Gasteiger partial charge in [-0.15, -0.1) is 11.3 Å². The molecule has 2 aliphatic rings. The summed E-state index contributed by atoms with van der Waals surface area (Å²) in [6.45, 7) is 0.